The molecule has 1 aliphatic heterocycles. The minimum absolute atomic E-state index is 0.00130. The highest BCUT2D eigenvalue weighted by Gasteiger charge is 2.32. The van der Waals surface area contributed by atoms with E-state index in [9.17, 15) is 14.0 Å². The van der Waals surface area contributed by atoms with Crippen molar-refractivity contribution in [3.05, 3.63) is 24.0 Å². The number of hydrogen-bond donors (Lipinski definition) is 2. The molecule has 1 fully saturated rings. The van der Waals surface area contributed by atoms with Crippen molar-refractivity contribution in [2.24, 2.45) is 0 Å². The van der Waals surface area contributed by atoms with E-state index in [0.717, 1.165) is 0 Å². The molecular weight excluding hydrogens is 387 g/mol. The highest BCUT2D eigenvalue weighted by Crippen LogP contribution is 2.27. The van der Waals surface area contributed by atoms with Crippen LogP contribution in [0.5, 0.6) is 12.0 Å². The molecule has 2 amide bonds. The number of anilines is 3. The van der Waals surface area contributed by atoms with Gasteiger partial charge >= 0.3 is 18.1 Å². The monoisotopic (exact) mass is 406 g/mol. The van der Waals surface area contributed by atoms with Crippen LogP contribution >= 0.6 is 0 Å². The first-order valence-corrected chi connectivity index (χ1v) is 8.52. The van der Waals surface area contributed by atoms with Gasteiger partial charge in [-0.25, -0.2) is 9.18 Å². The molecule has 1 aliphatic rings. The number of amides is 2. The third kappa shape index (κ3) is 4.78. The molecule has 154 valence electrons. The van der Waals surface area contributed by atoms with E-state index in [-0.39, 0.29) is 42.7 Å². The highest BCUT2D eigenvalue weighted by atomic mass is 19.1. The molecule has 1 aromatic heterocycles. The lowest BCUT2D eigenvalue weighted by atomic mass is 10.2. The van der Waals surface area contributed by atoms with Gasteiger partial charge in [0.2, 0.25) is 11.9 Å². The molecule has 0 spiro atoms. The molecule has 1 aromatic carbocycles. The Kier molecular flexibility index (Phi) is 5.90. The first-order chi connectivity index (χ1) is 13.9. The van der Waals surface area contributed by atoms with Gasteiger partial charge in [0, 0.05) is 6.92 Å². The molecule has 3 rings (SSSR count). The number of hydrogen-bond acceptors (Lipinski definition) is 9. The molecule has 2 heterocycles. The third-order valence-electron chi connectivity index (χ3n) is 3.92. The fraction of sp³-hybridized carbons (Fsp3) is 0.353. The molecule has 0 radical (unpaired) electrons. The van der Waals surface area contributed by atoms with E-state index in [0.29, 0.717) is 5.69 Å². The molecule has 2 N–H and O–H groups in total. The third-order valence-corrected chi connectivity index (χ3v) is 3.92. The van der Waals surface area contributed by atoms with Crippen LogP contribution in [-0.4, -0.2) is 60.4 Å². The average Bonchev–Trinajstić information content (AvgIpc) is 3.08. The Bertz CT molecular complexity index is 905. The standard InChI is InChI=1S/C17H19FN6O5/c1-9(25)19-7-11-8-24(17(26)29-11)10-4-5-13(12(18)6-10)20-14-21-15(27-2)23-16(22-14)28-3/h4-6,11H,7-8H2,1-3H3,(H,19,25)(H,20,21,22,23)/t11-/m0/s1. The lowest BCUT2D eigenvalue weighted by Crippen LogP contribution is -2.33. The van der Waals surface area contributed by atoms with Gasteiger partial charge in [-0.3, -0.25) is 9.69 Å². The highest BCUT2D eigenvalue weighted by molar-refractivity contribution is 5.90. The number of nitrogens with zero attached hydrogens (tertiary/aromatic N) is 4. The molecule has 12 heteroatoms. The number of halogens is 1. The zero-order chi connectivity index (χ0) is 21.0. The number of benzene rings is 1. The second-order valence-electron chi connectivity index (χ2n) is 5.98. The Morgan fingerprint density at radius 3 is 2.55 bits per heavy atom. The molecule has 29 heavy (non-hydrogen) atoms. The molecule has 1 saturated heterocycles. The van der Waals surface area contributed by atoms with Crippen LogP contribution in [0.2, 0.25) is 0 Å². The Hall–Kier alpha value is -3.70. The number of nitrogens with one attached hydrogen (secondary N) is 2. The molecule has 11 nitrogen and oxygen atoms in total. The number of carbonyl (C=O) groups excluding carboxylic acids is 2. The summed E-state index contributed by atoms with van der Waals surface area (Å²) in [5, 5.41) is 5.29. The van der Waals surface area contributed by atoms with E-state index in [1.807, 2.05) is 0 Å². The lowest BCUT2D eigenvalue weighted by Gasteiger charge is -2.15. The van der Waals surface area contributed by atoms with Gasteiger partial charge in [-0.05, 0) is 18.2 Å². The summed E-state index contributed by atoms with van der Waals surface area (Å²) in [6, 6.07) is 4.16. The van der Waals surface area contributed by atoms with Crippen molar-refractivity contribution in [1.29, 1.82) is 0 Å². The van der Waals surface area contributed by atoms with Gasteiger partial charge in [0.05, 0.1) is 38.7 Å². The van der Waals surface area contributed by atoms with Crippen LogP contribution in [0, 0.1) is 5.82 Å². The minimum atomic E-state index is -0.640. The fourth-order valence-corrected chi connectivity index (χ4v) is 2.57. The van der Waals surface area contributed by atoms with Crippen molar-refractivity contribution in [2.75, 3.05) is 37.5 Å². The SMILES string of the molecule is COc1nc(Nc2ccc(N3C[C@H](CNC(C)=O)OC3=O)cc2F)nc(OC)n1. The molecule has 0 saturated carbocycles. The topological polar surface area (TPSA) is 128 Å². The molecule has 0 aliphatic carbocycles. The molecule has 0 unspecified atom stereocenters. The zero-order valence-corrected chi connectivity index (χ0v) is 15.9. The molecule has 1 atom stereocenters. The maximum atomic E-state index is 14.6. The van der Waals surface area contributed by atoms with Crippen LogP contribution in [0.1, 0.15) is 6.92 Å². The van der Waals surface area contributed by atoms with Gasteiger partial charge < -0.3 is 24.8 Å². The van der Waals surface area contributed by atoms with Crippen molar-refractivity contribution >= 4 is 29.3 Å². The first-order valence-electron chi connectivity index (χ1n) is 8.52. The van der Waals surface area contributed by atoms with Crippen LogP contribution in [0.25, 0.3) is 0 Å². The minimum Gasteiger partial charge on any atom is -0.467 e. The average molecular weight is 406 g/mol. The summed E-state index contributed by atoms with van der Waals surface area (Å²) in [7, 11) is 2.75. The quantitative estimate of drug-likeness (QED) is 0.698. The Morgan fingerprint density at radius 1 is 1.28 bits per heavy atom. The Labute approximate surface area is 165 Å². The second kappa shape index (κ2) is 8.54. The zero-order valence-electron chi connectivity index (χ0n) is 15.9. The number of aromatic nitrogens is 3. The van der Waals surface area contributed by atoms with E-state index in [1.165, 1.54) is 38.2 Å². The van der Waals surface area contributed by atoms with Gasteiger partial charge in [-0.1, -0.05) is 0 Å². The van der Waals surface area contributed by atoms with Crippen LogP contribution in [0.15, 0.2) is 18.2 Å². The van der Waals surface area contributed by atoms with Gasteiger partial charge in [-0.15, -0.1) is 4.98 Å². The predicted octanol–water partition coefficient (Wildman–Crippen LogP) is 1.23. The van der Waals surface area contributed by atoms with Gasteiger partial charge in [-0.2, -0.15) is 9.97 Å². The van der Waals surface area contributed by atoms with Crippen LogP contribution in [0.3, 0.4) is 0 Å². The first kappa shape index (κ1) is 20.0. The summed E-state index contributed by atoms with van der Waals surface area (Å²) in [5.41, 5.74) is 0.389. The van der Waals surface area contributed by atoms with Crippen molar-refractivity contribution in [3.8, 4) is 12.0 Å². The fourth-order valence-electron chi connectivity index (χ4n) is 2.57. The number of cyclic esters (lactones) is 1. The molecular formula is C17H19FN6O5. The Balaban J connectivity index is 1.74. The lowest BCUT2D eigenvalue weighted by molar-refractivity contribution is -0.119. The van der Waals surface area contributed by atoms with Crippen molar-refractivity contribution in [1.82, 2.24) is 20.3 Å². The number of ether oxygens (including phenoxy) is 3. The van der Waals surface area contributed by atoms with E-state index in [1.54, 1.807) is 6.07 Å². The maximum absolute atomic E-state index is 14.6. The molecule has 0 bridgehead atoms. The normalized spacial score (nSPS) is 15.7. The van der Waals surface area contributed by atoms with Gasteiger partial charge in [0.1, 0.15) is 11.9 Å². The van der Waals surface area contributed by atoms with E-state index in [2.05, 4.69) is 25.6 Å². The van der Waals surface area contributed by atoms with E-state index < -0.39 is 18.0 Å². The predicted molar refractivity (Wildman–Crippen MR) is 98.9 cm³/mol. The van der Waals surface area contributed by atoms with Gasteiger partial charge in [0.25, 0.3) is 0 Å². The number of methoxy groups -OCH3 is 2. The second-order valence-corrected chi connectivity index (χ2v) is 5.98. The van der Waals surface area contributed by atoms with Crippen LogP contribution in [-0.2, 0) is 9.53 Å². The maximum Gasteiger partial charge on any atom is 0.414 e. The van der Waals surface area contributed by atoms with E-state index >= 15 is 0 Å². The van der Waals surface area contributed by atoms with Crippen molar-refractivity contribution in [3.63, 3.8) is 0 Å². The summed E-state index contributed by atoms with van der Waals surface area (Å²) >= 11 is 0. The van der Waals surface area contributed by atoms with Crippen molar-refractivity contribution < 1.29 is 28.2 Å². The van der Waals surface area contributed by atoms with E-state index in [4.69, 9.17) is 14.2 Å². The molecule has 2 aromatic rings. The summed E-state index contributed by atoms with van der Waals surface area (Å²) in [5.74, 6) is -0.845. The summed E-state index contributed by atoms with van der Waals surface area (Å²) < 4.78 is 29.7. The number of carbonyl (C=O) groups is 2. The summed E-state index contributed by atoms with van der Waals surface area (Å²) in [4.78, 5) is 36.1. The van der Waals surface area contributed by atoms with Gasteiger partial charge in [0.15, 0.2) is 0 Å². The largest absolute Gasteiger partial charge is 0.467 e. The number of rotatable bonds is 7. The summed E-state index contributed by atoms with van der Waals surface area (Å²) in [6.07, 6.45) is -1.13. The Morgan fingerprint density at radius 2 is 1.97 bits per heavy atom. The summed E-state index contributed by atoms with van der Waals surface area (Å²) in [6.45, 7) is 1.74. The van der Waals surface area contributed by atoms with Crippen LogP contribution in [0.4, 0.5) is 26.5 Å². The van der Waals surface area contributed by atoms with Crippen molar-refractivity contribution in [2.45, 2.75) is 13.0 Å². The van der Waals surface area contributed by atoms with Crippen LogP contribution < -0.4 is 25.0 Å². The smallest absolute Gasteiger partial charge is 0.414 e.